The molecule has 1 heterocycles. The van der Waals surface area contributed by atoms with Gasteiger partial charge in [0.05, 0.1) is 17.8 Å². The van der Waals surface area contributed by atoms with Gasteiger partial charge in [-0.2, -0.15) is 0 Å². The van der Waals surface area contributed by atoms with Gasteiger partial charge in [0, 0.05) is 12.5 Å². The highest BCUT2D eigenvalue weighted by Gasteiger charge is 2.38. The molecule has 0 bridgehead atoms. The van der Waals surface area contributed by atoms with Gasteiger partial charge < -0.3 is 10.4 Å². The van der Waals surface area contributed by atoms with E-state index in [0.29, 0.717) is 5.69 Å². The summed E-state index contributed by atoms with van der Waals surface area (Å²) < 4.78 is 21.4. The zero-order valence-corrected chi connectivity index (χ0v) is 12.2. The number of sulfone groups is 1. The van der Waals surface area contributed by atoms with Crippen LogP contribution in [0, 0.1) is 0 Å². The van der Waals surface area contributed by atoms with Crippen molar-refractivity contribution >= 4 is 21.7 Å². The van der Waals surface area contributed by atoms with Crippen LogP contribution in [-0.4, -0.2) is 41.4 Å². The van der Waals surface area contributed by atoms with Gasteiger partial charge in [-0.3, -0.25) is 9.78 Å². The molecule has 7 nitrogen and oxygen atoms in total. The molecule has 0 radical (unpaired) electrons. The topological polar surface area (TPSA) is 113 Å². The Kier molecular flexibility index (Phi) is 4.49. The van der Waals surface area contributed by atoms with Crippen LogP contribution in [0.3, 0.4) is 0 Å². The molecule has 0 aliphatic rings. The Morgan fingerprint density at radius 1 is 1.40 bits per heavy atom. The van der Waals surface area contributed by atoms with Gasteiger partial charge >= 0.3 is 5.97 Å². The Morgan fingerprint density at radius 3 is 2.50 bits per heavy atom. The highest BCUT2D eigenvalue weighted by atomic mass is 32.2. The molecular formula is C12H16N2O5S. The Labute approximate surface area is 116 Å². The maximum atomic E-state index is 11.9. The lowest BCUT2D eigenvalue weighted by Gasteiger charge is -2.21. The van der Waals surface area contributed by atoms with E-state index in [2.05, 4.69) is 10.3 Å². The van der Waals surface area contributed by atoms with E-state index in [1.807, 2.05) is 0 Å². The molecular weight excluding hydrogens is 284 g/mol. The molecule has 0 aliphatic heterocycles. The average Bonchev–Trinajstić information content (AvgIpc) is 2.34. The normalized spacial score (nSPS) is 11.9. The zero-order valence-electron chi connectivity index (χ0n) is 11.4. The fourth-order valence-electron chi connectivity index (χ4n) is 1.26. The van der Waals surface area contributed by atoms with E-state index in [-0.39, 0.29) is 12.1 Å². The second kappa shape index (κ2) is 5.58. The SMILES string of the molecule is CC(C)(C(=O)NCc1cc(C(=O)O)ccn1)S(C)(=O)=O. The second-order valence-electron chi connectivity index (χ2n) is 4.81. The molecule has 1 aromatic rings. The smallest absolute Gasteiger partial charge is 0.335 e. The number of hydrogen-bond acceptors (Lipinski definition) is 5. The molecule has 2 N–H and O–H groups in total. The van der Waals surface area contributed by atoms with Crippen molar-refractivity contribution in [2.24, 2.45) is 0 Å². The molecule has 0 saturated carbocycles. The summed E-state index contributed by atoms with van der Waals surface area (Å²) in [6, 6.07) is 2.64. The number of carbonyl (C=O) groups excluding carboxylic acids is 1. The number of amides is 1. The lowest BCUT2D eigenvalue weighted by atomic mass is 10.2. The highest BCUT2D eigenvalue weighted by Crippen LogP contribution is 2.15. The standard InChI is InChI=1S/C12H16N2O5S/c1-12(2,20(3,18)19)11(17)14-7-9-6-8(10(15)16)4-5-13-9/h4-6H,7H2,1-3H3,(H,14,17)(H,15,16). The molecule has 110 valence electrons. The summed E-state index contributed by atoms with van der Waals surface area (Å²) in [5.41, 5.74) is 0.383. The Morgan fingerprint density at radius 2 is 2.00 bits per heavy atom. The average molecular weight is 300 g/mol. The van der Waals surface area contributed by atoms with E-state index in [0.717, 1.165) is 6.26 Å². The largest absolute Gasteiger partial charge is 0.478 e. The summed E-state index contributed by atoms with van der Waals surface area (Å²) in [4.78, 5) is 26.6. The third-order valence-corrected chi connectivity index (χ3v) is 5.01. The summed E-state index contributed by atoms with van der Waals surface area (Å²) in [5, 5.41) is 11.3. The van der Waals surface area contributed by atoms with Gasteiger partial charge in [-0.1, -0.05) is 0 Å². The van der Waals surface area contributed by atoms with E-state index in [1.54, 1.807) is 0 Å². The Hall–Kier alpha value is -1.96. The lowest BCUT2D eigenvalue weighted by molar-refractivity contribution is -0.123. The maximum Gasteiger partial charge on any atom is 0.335 e. The van der Waals surface area contributed by atoms with Gasteiger partial charge in [0.15, 0.2) is 9.84 Å². The quantitative estimate of drug-likeness (QED) is 0.804. The van der Waals surface area contributed by atoms with Gasteiger partial charge in [0.25, 0.3) is 0 Å². The van der Waals surface area contributed by atoms with Crippen molar-refractivity contribution in [1.82, 2.24) is 10.3 Å². The number of nitrogens with one attached hydrogen (secondary N) is 1. The van der Waals surface area contributed by atoms with Gasteiger partial charge in [-0.15, -0.1) is 0 Å². The molecule has 20 heavy (non-hydrogen) atoms. The summed E-state index contributed by atoms with van der Waals surface area (Å²) >= 11 is 0. The van der Waals surface area contributed by atoms with Crippen LogP contribution in [-0.2, 0) is 21.2 Å². The van der Waals surface area contributed by atoms with Crippen molar-refractivity contribution < 1.29 is 23.1 Å². The summed E-state index contributed by atoms with van der Waals surface area (Å²) in [7, 11) is -3.55. The van der Waals surface area contributed by atoms with Gasteiger partial charge in [0.2, 0.25) is 5.91 Å². The van der Waals surface area contributed by atoms with E-state index in [4.69, 9.17) is 5.11 Å². The third-order valence-electron chi connectivity index (χ3n) is 2.97. The lowest BCUT2D eigenvalue weighted by Crippen LogP contribution is -2.47. The van der Waals surface area contributed by atoms with Crippen molar-refractivity contribution in [2.75, 3.05) is 6.26 Å². The fraction of sp³-hybridized carbons (Fsp3) is 0.417. The fourth-order valence-corrected chi connectivity index (χ4v) is 1.67. The third kappa shape index (κ3) is 3.53. The van der Waals surface area contributed by atoms with Crippen molar-refractivity contribution in [2.45, 2.75) is 25.1 Å². The monoisotopic (exact) mass is 300 g/mol. The van der Waals surface area contributed by atoms with Crippen LogP contribution in [0.25, 0.3) is 0 Å². The summed E-state index contributed by atoms with van der Waals surface area (Å²) in [5.74, 6) is -1.76. The number of nitrogens with zero attached hydrogens (tertiary/aromatic N) is 1. The molecule has 1 rings (SSSR count). The number of carbonyl (C=O) groups is 2. The molecule has 0 atom stereocenters. The molecule has 0 unspecified atom stereocenters. The molecule has 0 aromatic carbocycles. The first-order valence-electron chi connectivity index (χ1n) is 5.72. The number of rotatable bonds is 5. The van der Waals surface area contributed by atoms with Gasteiger partial charge in [-0.05, 0) is 26.0 Å². The molecule has 0 saturated heterocycles. The molecule has 0 spiro atoms. The summed E-state index contributed by atoms with van der Waals surface area (Å²) in [6.45, 7) is 2.57. The predicted molar refractivity (Wildman–Crippen MR) is 72.0 cm³/mol. The first kappa shape index (κ1) is 16.1. The minimum atomic E-state index is -3.55. The van der Waals surface area contributed by atoms with E-state index in [9.17, 15) is 18.0 Å². The van der Waals surface area contributed by atoms with Crippen LogP contribution in [0.15, 0.2) is 18.3 Å². The van der Waals surface area contributed by atoms with Crippen LogP contribution in [0.5, 0.6) is 0 Å². The van der Waals surface area contributed by atoms with Crippen LogP contribution < -0.4 is 5.32 Å². The first-order valence-corrected chi connectivity index (χ1v) is 7.61. The first-order chi connectivity index (χ1) is 9.05. The second-order valence-corrected chi connectivity index (χ2v) is 7.37. The number of aromatic nitrogens is 1. The van der Waals surface area contributed by atoms with Crippen molar-refractivity contribution in [1.29, 1.82) is 0 Å². The van der Waals surface area contributed by atoms with E-state index < -0.39 is 26.5 Å². The minimum Gasteiger partial charge on any atom is -0.478 e. The number of pyridine rings is 1. The van der Waals surface area contributed by atoms with Crippen LogP contribution >= 0.6 is 0 Å². The molecule has 8 heteroatoms. The number of aromatic carboxylic acids is 1. The molecule has 0 fully saturated rings. The summed E-state index contributed by atoms with van der Waals surface area (Å²) in [6.07, 6.45) is 2.29. The van der Waals surface area contributed by atoms with E-state index in [1.165, 1.54) is 32.2 Å². The molecule has 1 amide bonds. The number of carboxylic acid groups (broad SMARTS) is 1. The Balaban J connectivity index is 2.80. The number of hydrogen-bond donors (Lipinski definition) is 2. The van der Waals surface area contributed by atoms with Gasteiger partial charge in [-0.25, -0.2) is 13.2 Å². The molecule has 0 aliphatic carbocycles. The van der Waals surface area contributed by atoms with Crippen LogP contribution in [0.1, 0.15) is 29.9 Å². The van der Waals surface area contributed by atoms with Gasteiger partial charge in [0.1, 0.15) is 4.75 Å². The Bertz CT molecular complexity index is 637. The van der Waals surface area contributed by atoms with Crippen LogP contribution in [0.4, 0.5) is 0 Å². The van der Waals surface area contributed by atoms with Crippen molar-refractivity contribution in [3.8, 4) is 0 Å². The predicted octanol–water partition coefficient (Wildman–Crippen LogP) is 0.219. The van der Waals surface area contributed by atoms with Crippen molar-refractivity contribution in [3.63, 3.8) is 0 Å². The molecule has 1 aromatic heterocycles. The van der Waals surface area contributed by atoms with E-state index >= 15 is 0 Å². The minimum absolute atomic E-state index is 0.0428. The zero-order chi connectivity index (χ0) is 15.6. The highest BCUT2D eigenvalue weighted by molar-refractivity contribution is 7.92. The maximum absolute atomic E-state index is 11.9. The van der Waals surface area contributed by atoms with Crippen LogP contribution in [0.2, 0.25) is 0 Å². The van der Waals surface area contributed by atoms with Crippen molar-refractivity contribution in [3.05, 3.63) is 29.6 Å². The number of carboxylic acids is 1.